The lowest BCUT2D eigenvalue weighted by Gasteiger charge is -2.12. The Hall–Kier alpha value is -3.12. The molecule has 0 unspecified atom stereocenters. The normalized spacial score (nSPS) is 11.2. The van der Waals surface area contributed by atoms with Gasteiger partial charge in [-0.25, -0.2) is 0 Å². The van der Waals surface area contributed by atoms with Crippen molar-refractivity contribution in [3.63, 3.8) is 0 Å². The molecule has 0 atom stereocenters. The average Bonchev–Trinajstić information content (AvgIpc) is 3.15. The fraction of sp³-hybridized carbons (Fsp3) is 0.150. The van der Waals surface area contributed by atoms with E-state index in [1.54, 1.807) is 47.0 Å². The molecule has 0 spiro atoms. The molecule has 2 aromatic carbocycles. The summed E-state index contributed by atoms with van der Waals surface area (Å²) in [7, 11) is 0. The van der Waals surface area contributed by atoms with Crippen molar-refractivity contribution in [2.24, 2.45) is 0 Å². The highest BCUT2D eigenvalue weighted by Gasteiger charge is 2.23. The predicted octanol–water partition coefficient (Wildman–Crippen LogP) is 4.49. The third-order valence-electron chi connectivity index (χ3n) is 4.35. The second kappa shape index (κ2) is 6.89. The number of para-hydroxylation sites is 1. The van der Waals surface area contributed by atoms with Crippen LogP contribution in [-0.2, 0) is 6.54 Å². The van der Waals surface area contributed by atoms with E-state index in [1.165, 1.54) is 0 Å². The van der Waals surface area contributed by atoms with Crippen LogP contribution < -0.4 is 5.56 Å². The number of hydrogen-bond acceptors (Lipinski definition) is 5. The van der Waals surface area contributed by atoms with E-state index in [2.05, 4.69) is 10.1 Å². The van der Waals surface area contributed by atoms with Crippen molar-refractivity contribution in [3.05, 3.63) is 63.9 Å². The second-order valence-corrected chi connectivity index (χ2v) is 6.51. The number of hydrogen-bond donors (Lipinski definition) is 1. The Morgan fingerprint density at radius 1 is 1.15 bits per heavy atom. The highest BCUT2D eigenvalue weighted by Crippen LogP contribution is 2.34. The molecule has 4 rings (SSSR count). The van der Waals surface area contributed by atoms with Gasteiger partial charge in [0.05, 0.1) is 10.5 Å². The Bertz CT molecular complexity index is 1200. The Morgan fingerprint density at radius 2 is 1.89 bits per heavy atom. The lowest BCUT2D eigenvalue weighted by molar-refractivity contribution is 0.425. The average molecular weight is 382 g/mol. The van der Waals surface area contributed by atoms with Gasteiger partial charge in [0.15, 0.2) is 0 Å². The molecule has 1 N–H and O–H groups in total. The number of benzene rings is 2. The van der Waals surface area contributed by atoms with Crippen LogP contribution >= 0.6 is 11.6 Å². The third-order valence-corrected chi connectivity index (χ3v) is 4.68. The van der Waals surface area contributed by atoms with Crippen LogP contribution in [0.5, 0.6) is 5.75 Å². The summed E-state index contributed by atoms with van der Waals surface area (Å²) < 4.78 is 6.93. The van der Waals surface area contributed by atoms with E-state index in [0.29, 0.717) is 28.0 Å². The highest BCUT2D eigenvalue weighted by molar-refractivity contribution is 6.33. The molecule has 6 nitrogen and oxygen atoms in total. The summed E-state index contributed by atoms with van der Waals surface area (Å²) in [5, 5.41) is 15.7. The third kappa shape index (κ3) is 2.88. The van der Waals surface area contributed by atoms with Crippen LogP contribution in [0.4, 0.5) is 0 Å². The molecule has 7 heteroatoms. The Morgan fingerprint density at radius 3 is 2.67 bits per heavy atom. The molecule has 0 fully saturated rings. The largest absolute Gasteiger partial charge is 0.506 e. The number of fused-ring (bicyclic) bond motifs is 1. The van der Waals surface area contributed by atoms with Gasteiger partial charge < -0.3 is 14.2 Å². The summed E-state index contributed by atoms with van der Waals surface area (Å²) in [5.74, 6) is 0.0462. The van der Waals surface area contributed by atoms with Crippen molar-refractivity contribution in [1.82, 2.24) is 14.7 Å². The fourth-order valence-corrected chi connectivity index (χ4v) is 3.33. The molecule has 0 saturated carbocycles. The van der Waals surface area contributed by atoms with Gasteiger partial charge in [-0.1, -0.05) is 47.9 Å². The number of rotatable bonds is 4. The minimum absolute atomic E-state index is 0.00652. The van der Waals surface area contributed by atoms with Gasteiger partial charge in [-0.2, -0.15) is 4.98 Å². The molecule has 0 saturated heterocycles. The number of pyridine rings is 1. The molecular formula is C20H16ClN3O3. The number of nitrogens with zero attached hydrogens (tertiary/aromatic N) is 3. The van der Waals surface area contributed by atoms with Gasteiger partial charge in [0.1, 0.15) is 11.3 Å². The smallest absolute Gasteiger partial charge is 0.267 e. The molecule has 2 heterocycles. The van der Waals surface area contributed by atoms with Crippen molar-refractivity contribution in [1.29, 1.82) is 0 Å². The lowest BCUT2D eigenvalue weighted by atomic mass is 10.1. The Kier molecular flexibility index (Phi) is 4.41. The monoisotopic (exact) mass is 381 g/mol. The predicted molar refractivity (Wildman–Crippen MR) is 104 cm³/mol. The van der Waals surface area contributed by atoms with Crippen LogP contribution in [0.15, 0.2) is 57.8 Å². The Labute approximate surface area is 159 Å². The summed E-state index contributed by atoms with van der Waals surface area (Å²) in [4.78, 5) is 17.4. The lowest BCUT2D eigenvalue weighted by Crippen LogP contribution is -2.22. The molecule has 2 aromatic heterocycles. The van der Waals surface area contributed by atoms with E-state index in [-0.39, 0.29) is 28.6 Å². The van der Waals surface area contributed by atoms with Crippen molar-refractivity contribution < 1.29 is 9.63 Å². The zero-order valence-electron chi connectivity index (χ0n) is 14.5. The number of aryl methyl sites for hydroxylation is 1. The molecule has 0 amide bonds. The van der Waals surface area contributed by atoms with Crippen LogP contribution in [0.1, 0.15) is 13.3 Å². The summed E-state index contributed by atoms with van der Waals surface area (Å²) in [6.45, 7) is 2.49. The molecular weight excluding hydrogens is 366 g/mol. The maximum absolute atomic E-state index is 13.1. The Balaban J connectivity index is 1.95. The number of aromatic nitrogens is 3. The van der Waals surface area contributed by atoms with E-state index < -0.39 is 0 Å². The van der Waals surface area contributed by atoms with Gasteiger partial charge in [0, 0.05) is 17.5 Å². The summed E-state index contributed by atoms with van der Waals surface area (Å²) in [6.07, 6.45) is 0.767. The molecule has 27 heavy (non-hydrogen) atoms. The fourth-order valence-electron chi connectivity index (χ4n) is 3.10. The van der Waals surface area contributed by atoms with Crippen molar-refractivity contribution in [2.75, 3.05) is 0 Å². The van der Waals surface area contributed by atoms with E-state index in [1.807, 2.05) is 13.0 Å². The molecule has 0 bridgehead atoms. The highest BCUT2D eigenvalue weighted by atomic mass is 35.5. The van der Waals surface area contributed by atoms with Crippen LogP contribution in [-0.4, -0.2) is 19.8 Å². The first-order valence-corrected chi connectivity index (χ1v) is 8.93. The first kappa shape index (κ1) is 17.3. The maximum atomic E-state index is 13.1. The summed E-state index contributed by atoms with van der Waals surface area (Å²) in [6, 6.07) is 14.3. The molecule has 136 valence electrons. The topological polar surface area (TPSA) is 81.2 Å². The van der Waals surface area contributed by atoms with E-state index in [4.69, 9.17) is 16.1 Å². The van der Waals surface area contributed by atoms with Crippen LogP contribution in [0.25, 0.3) is 33.7 Å². The molecule has 0 aliphatic carbocycles. The van der Waals surface area contributed by atoms with Crippen molar-refractivity contribution >= 4 is 22.5 Å². The molecule has 0 aliphatic rings. The second-order valence-electron chi connectivity index (χ2n) is 6.10. The van der Waals surface area contributed by atoms with Gasteiger partial charge in [-0.15, -0.1) is 0 Å². The molecule has 0 aliphatic heterocycles. The minimum Gasteiger partial charge on any atom is -0.506 e. The first-order chi connectivity index (χ1) is 13.1. The van der Waals surface area contributed by atoms with Crippen molar-refractivity contribution in [3.8, 4) is 28.6 Å². The zero-order chi connectivity index (χ0) is 19.0. The van der Waals surface area contributed by atoms with Crippen molar-refractivity contribution in [2.45, 2.75) is 19.9 Å². The summed E-state index contributed by atoms with van der Waals surface area (Å²) in [5.41, 5.74) is 0.870. The van der Waals surface area contributed by atoms with Gasteiger partial charge in [0.25, 0.3) is 11.4 Å². The van der Waals surface area contributed by atoms with Gasteiger partial charge in [-0.05, 0) is 30.7 Å². The van der Waals surface area contributed by atoms with E-state index in [9.17, 15) is 9.90 Å². The first-order valence-electron chi connectivity index (χ1n) is 8.55. The van der Waals surface area contributed by atoms with Gasteiger partial charge in [0.2, 0.25) is 5.82 Å². The molecule has 4 aromatic rings. The van der Waals surface area contributed by atoms with Gasteiger partial charge >= 0.3 is 0 Å². The number of halogens is 1. The zero-order valence-corrected chi connectivity index (χ0v) is 15.3. The molecule has 0 radical (unpaired) electrons. The standard InChI is InChI=1S/C20H16ClN3O3/c1-2-11-24-15-10-6-4-8-13(15)17(25)16(20(24)26)19-22-18(23-27-19)12-7-3-5-9-14(12)21/h3-10,25H,2,11H2,1H3. The summed E-state index contributed by atoms with van der Waals surface area (Å²) >= 11 is 6.18. The quantitative estimate of drug-likeness (QED) is 0.563. The SMILES string of the molecule is CCCn1c(=O)c(-c2nc(-c3ccccc3Cl)no2)c(O)c2ccccc21. The van der Waals surface area contributed by atoms with E-state index >= 15 is 0 Å². The van der Waals surface area contributed by atoms with E-state index in [0.717, 1.165) is 6.42 Å². The van der Waals surface area contributed by atoms with Crippen LogP contribution in [0, 0.1) is 0 Å². The van der Waals surface area contributed by atoms with Crippen LogP contribution in [0.3, 0.4) is 0 Å². The number of aromatic hydroxyl groups is 1. The van der Waals surface area contributed by atoms with Gasteiger partial charge in [-0.3, -0.25) is 4.79 Å². The van der Waals surface area contributed by atoms with Crippen LogP contribution in [0.2, 0.25) is 5.02 Å². The maximum Gasteiger partial charge on any atom is 0.267 e. The minimum atomic E-state index is -0.373.